The summed E-state index contributed by atoms with van der Waals surface area (Å²) in [6.07, 6.45) is 0. The van der Waals surface area contributed by atoms with Gasteiger partial charge in [0.15, 0.2) is 0 Å². The van der Waals surface area contributed by atoms with Gasteiger partial charge in [-0.3, -0.25) is 0 Å². The number of nitrogens with zero attached hydrogens (tertiary/aromatic N) is 10. The number of benzene rings is 12. The maximum Gasteiger partial charge on any atom is 0.0671 e. The SMILES string of the molecule is CN1c2ccccc2N(C)c2cc3c(cc21)c1ccccc1n3-c1ccc(N(c2ccc(-n3c4ccccc4c4cc5c(cc43)N(C)c3ccccc3N5C)cc2)c2ccc(-n3c4ccccc4c4cc5c(cc43)N(C)c3ccccc3N5C)cc2)cc1. The Bertz CT molecular complexity index is 4870. The Morgan fingerprint density at radius 1 is 0.193 bits per heavy atom. The summed E-state index contributed by atoms with van der Waals surface area (Å²) < 4.78 is 7.31. The van der Waals surface area contributed by atoms with Crippen molar-refractivity contribution in [2.24, 2.45) is 0 Å². The Labute approximate surface area is 510 Å². The molecule has 3 aliphatic rings. The summed E-state index contributed by atoms with van der Waals surface area (Å²) in [6.45, 7) is 0. The van der Waals surface area contributed by atoms with E-state index >= 15 is 0 Å². The van der Waals surface area contributed by atoms with Crippen LogP contribution < -0.4 is 34.3 Å². The molecule has 0 fully saturated rings. The van der Waals surface area contributed by atoms with Crippen molar-refractivity contribution in [1.82, 2.24) is 13.7 Å². The average molecular weight is 1140 g/mol. The van der Waals surface area contributed by atoms with E-state index in [9.17, 15) is 0 Å². The van der Waals surface area contributed by atoms with Crippen LogP contribution in [0.2, 0.25) is 0 Å². The van der Waals surface area contributed by atoms with Crippen molar-refractivity contribution in [2.75, 3.05) is 76.6 Å². The highest BCUT2D eigenvalue weighted by molar-refractivity contribution is 6.16. The van der Waals surface area contributed by atoms with Gasteiger partial charge in [-0.05, 0) is 164 Å². The van der Waals surface area contributed by atoms with Gasteiger partial charge >= 0.3 is 0 Å². The highest BCUT2D eigenvalue weighted by Crippen LogP contribution is 2.53. The fraction of sp³-hybridized carbons (Fsp3) is 0.0769. The van der Waals surface area contributed by atoms with Gasteiger partial charge in [0.2, 0.25) is 0 Å². The zero-order chi connectivity index (χ0) is 58.8. The topological polar surface area (TPSA) is 37.5 Å². The van der Waals surface area contributed by atoms with E-state index in [1.165, 1.54) is 134 Å². The van der Waals surface area contributed by atoms with E-state index in [-0.39, 0.29) is 0 Å². The van der Waals surface area contributed by atoms with Crippen molar-refractivity contribution in [1.29, 1.82) is 0 Å². The van der Waals surface area contributed by atoms with Gasteiger partial charge in [-0.2, -0.15) is 0 Å². The van der Waals surface area contributed by atoms with E-state index in [4.69, 9.17) is 0 Å². The molecule has 0 radical (unpaired) electrons. The zero-order valence-corrected chi connectivity index (χ0v) is 49.7. The van der Waals surface area contributed by atoms with Gasteiger partial charge in [-0.1, -0.05) is 91.0 Å². The smallest absolute Gasteiger partial charge is 0.0671 e. The molecule has 0 amide bonds. The maximum absolute atomic E-state index is 2.44. The molecule has 88 heavy (non-hydrogen) atoms. The van der Waals surface area contributed by atoms with Crippen LogP contribution in [0, 0.1) is 0 Å². The van der Waals surface area contributed by atoms with Crippen LogP contribution in [0.25, 0.3) is 82.5 Å². The third kappa shape index (κ3) is 6.99. The molecule has 0 bridgehead atoms. The second kappa shape index (κ2) is 18.6. The van der Waals surface area contributed by atoms with Gasteiger partial charge < -0.3 is 48.0 Å². The average Bonchev–Trinajstić information content (AvgIpc) is 2.13. The second-order valence-corrected chi connectivity index (χ2v) is 23.8. The van der Waals surface area contributed by atoms with Crippen LogP contribution in [0.1, 0.15) is 0 Å². The largest absolute Gasteiger partial charge is 0.341 e. The zero-order valence-electron chi connectivity index (χ0n) is 49.7. The molecule has 3 aliphatic heterocycles. The van der Waals surface area contributed by atoms with Gasteiger partial charge in [0.05, 0.1) is 101 Å². The Morgan fingerprint density at radius 2 is 0.409 bits per heavy atom. The standard InChI is InChI=1S/C78H60N10/c1-79-64-25-13-16-28-67(64)82(4)76-46-70-58(43-73(76)79)55-19-7-10-22-61(55)86(70)52-37-31-49(32-38-52)85(50-33-39-53(40-34-50)87-62-23-11-8-20-56(62)59-44-74-77(47-71(59)87)83(5)68-29-17-14-26-65(68)80(74)2)51-35-41-54(42-36-51)88-63-24-12-9-21-57(63)60-45-75-78(48-72(60)88)84(6)69-30-18-15-27-66(69)81(75)3/h7-48H,1-6H3. The van der Waals surface area contributed by atoms with Crippen LogP contribution in [-0.4, -0.2) is 56.0 Å². The molecule has 0 spiro atoms. The molecule has 6 heterocycles. The van der Waals surface area contributed by atoms with E-state index in [0.717, 1.165) is 34.1 Å². The Balaban J connectivity index is 0.780. The van der Waals surface area contributed by atoms with Crippen molar-refractivity contribution in [3.63, 3.8) is 0 Å². The molecule has 0 aliphatic carbocycles. The molecule has 0 atom stereocenters. The molecular formula is C78H60N10. The van der Waals surface area contributed by atoms with Crippen LogP contribution in [-0.2, 0) is 0 Å². The molecule has 3 aromatic heterocycles. The monoisotopic (exact) mass is 1140 g/mol. The number of aromatic nitrogens is 3. The van der Waals surface area contributed by atoms with Crippen LogP contribution in [0.3, 0.4) is 0 Å². The molecule has 10 nitrogen and oxygen atoms in total. The number of anilines is 15. The van der Waals surface area contributed by atoms with Gasteiger partial charge in [0, 0.05) is 109 Å². The van der Waals surface area contributed by atoms with Crippen LogP contribution in [0.5, 0.6) is 0 Å². The third-order valence-corrected chi connectivity index (χ3v) is 19.4. The first-order valence-electron chi connectivity index (χ1n) is 30.2. The molecule has 0 saturated carbocycles. The lowest BCUT2D eigenvalue weighted by molar-refractivity contribution is 1.09. The van der Waals surface area contributed by atoms with E-state index in [2.05, 4.69) is 345 Å². The quantitative estimate of drug-likeness (QED) is 0.164. The molecule has 10 heteroatoms. The van der Waals surface area contributed by atoms with Crippen molar-refractivity contribution in [3.8, 4) is 17.1 Å². The van der Waals surface area contributed by atoms with Crippen molar-refractivity contribution in [2.45, 2.75) is 0 Å². The number of hydrogen-bond acceptors (Lipinski definition) is 7. The Morgan fingerprint density at radius 3 is 0.659 bits per heavy atom. The van der Waals surface area contributed by atoms with E-state index < -0.39 is 0 Å². The van der Waals surface area contributed by atoms with Crippen molar-refractivity contribution >= 4 is 151 Å². The second-order valence-electron chi connectivity index (χ2n) is 23.8. The van der Waals surface area contributed by atoms with E-state index in [0.29, 0.717) is 0 Å². The molecule has 0 saturated heterocycles. The Hall–Kier alpha value is -11.4. The van der Waals surface area contributed by atoms with Gasteiger partial charge in [-0.25, -0.2) is 0 Å². The predicted octanol–water partition coefficient (Wildman–Crippen LogP) is 20.0. The molecule has 15 aromatic rings. The maximum atomic E-state index is 2.44. The first kappa shape index (κ1) is 50.0. The first-order valence-corrected chi connectivity index (χ1v) is 30.2. The van der Waals surface area contributed by atoms with Crippen LogP contribution >= 0.6 is 0 Å². The van der Waals surface area contributed by atoms with E-state index in [1.54, 1.807) is 0 Å². The van der Waals surface area contributed by atoms with Crippen molar-refractivity contribution in [3.05, 3.63) is 255 Å². The predicted molar refractivity (Wildman–Crippen MR) is 372 cm³/mol. The summed E-state index contributed by atoms with van der Waals surface area (Å²) in [5.74, 6) is 0. The minimum absolute atomic E-state index is 1.05. The minimum Gasteiger partial charge on any atom is -0.341 e. The summed E-state index contributed by atoms with van der Waals surface area (Å²) >= 11 is 0. The summed E-state index contributed by atoms with van der Waals surface area (Å²) in [6, 6.07) is 94.2. The number of para-hydroxylation sites is 9. The summed E-state index contributed by atoms with van der Waals surface area (Å²) in [4.78, 5) is 16.4. The van der Waals surface area contributed by atoms with E-state index in [1.807, 2.05) is 0 Å². The fourth-order valence-electron chi connectivity index (χ4n) is 15.0. The van der Waals surface area contributed by atoms with Gasteiger partial charge in [0.25, 0.3) is 0 Å². The fourth-order valence-corrected chi connectivity index (χ4v) is 15.0. The summed E-state index contributed by atoms with van der Waals surface area (Å²) in [5.41, 5.74) is 27.6. The minimum atomic E-state index is 1.05. The number of fused-ring (bicyclic) bond motifs is 15. The normalized spacial score (nSPS) is 13.4. The van der Waals surface area contributed by atoms with Crippen molar-refractivity contribution < 1.29 is 0 Å². The summed E-state index contributed by atoms with van der Waals surface area (Å²) in [7, 11) is 13.1. The molecular weight excluding hydrogens is 1080 g/mol. The molecule has 0 unspecified atom stereocenters. The Kier molecular flexibility index (Phi) is 10.6. The molecule has 12 aromatic carbocycles. The molecule has 422 valence electrons. The highest BCUT2D eigenvalue weighted by Gasteiger charge is 2.30. The lowest BCUT2D eigenvalue weighted by Gasteiger charge is -2.36. The molecule has 0 N–H and O–H groups in total. The molecule has 18 rings (SSSR count). The summed E-state index contributed by atoms with van der Waals surface area (Å²) in [5, 5.41) is 7.34. The lowest BCUT2D eigenvalue weighted by atomic mass is 10.1. The van der Waals surface area contributed by atoms with Gasteiger partial charge in [0.1, 0.15) is 0 Å². The first-order chi connectivity index (χ1) is 43.2. The lowest BCUT2D eigenvalue weighted by Crippen LogP contribution is -2.24. The highest BCUT2D eigenvalue weighted by atomic mass is 15.3. The third-order valence-electron chi connectivity index (χ3n) is 19.4. The van der Waals surface area contributed by atoms with Gasteiger partial charge in [-0.15, -0.1) is 0 Å². The number of hydrogen-bond donors (Lipinski definition) is 0. The van der Waals surface area contributed by atoms with Crippen LogP contribution in [0.15, 0.2) is 255 Å². The number of rotatable bonds is 6. The van der Waals surface area contributed by atoms with Crippen LogP contribution in [0.4, 0.5) is 85.3 Å².